The number of hydrazone groups is 1. The van der Waals surface area contributed by atoms with Crippen molar-refractivity contribution in [3.8, 4) is 0 Å². The van der Waals surface area contributed by atoms with Gasteiger partial charge in [-0.1, -0.05) is 35.9 Å². The zero-order valence-corrected chi connectivity index (χ0v) is 12.1. The molecule has 1 amide bonds. The van der Waals surface area contributed by atoms with Crippen LogP contribution in [0.2, 0.25) is 0 Å². The van der Waals surface area contributed by atoms with Gasteiger partial charge in [0.15, 0.2) is 0 Å². The normalized spacial score (nSPS) is 10.8. The van der Waals surface area contributed by atoms with Crippen LogP contribution in [0, 0.1) is 19.7 Å². The van der Waals surface area contributed by atoms with Crippen molar-refractivity contribution in [1.82, 2.24) is 5.43 Å². The fraction of sp³-hybridized carbons (Fsp3) is 0.176. The molecule has 0 saturated heterocycles. The Hall–Kier alpha value is -2.49. The minimum atomic E-state index is -0.313. The van der Waals surface area contributed by atoms with Crippen LogP contribution < -0.4 is 5.43 Å². The molecule has 0 bridgehead atoms. The Morgan fingerprint density at radius 2 is 1.90 bits per heavy atom. The van der Waals surface area contributed by atoms with Gasteiger partial charge in [-0.05, 0) is 42.7 Å². The molecule has 0 aliphatic heterocycles. The molecule has 0 radical (unpaired) electrons. The summed E-state index contributed by atoms with van der Waals surface area (Å²) in [5.41, 5.74) is 6.43. The third-order valence-electron chi connectivity index (χ3n) is 3.11. The van der Waals surface area contributed by atoms with Crippen LogP contribution in [0.25, 0.3) is 0 Å². The molecule has 2 rings (SSSR count). The highest BCUT2D eigenvalue weighted by atomic mass is 19.1. The fourth-order valence-corrected chi connectivity index (χ4v) is 1.90. The lowest BCUT2D eigenvalue weighted by molar-refractivity contribution is -0.120. The lowest BCUT2D eigenvalue weighted by atomic mass is 10.1. The molecule has 3 nitrogen and oxygen atoms in total. The summed E-state index contributed by atoms with van der Waals surface area (Å²) in [5, 5.41) is 3.96. The molecule has 0 spiro atoms. The number of aryl methyl sites for hydroxylation is 2. The average Bonchev–Trinajstić information content (AvgIpc) is 2.45. The zero-order valence-electron chi connectivity index (χ0n) is 12.1. The van der Waals surface area contributed by atoms with E-state index in [1.807, 2.05) is 32.0 Å². The van der Waals surface area contributed by atoms with Crippen LogP contribution in [-0.4, -0.2) is 12.1 Å². The number of amides is 1. The molecule has 0 fully saturated rings. The van der Waals surface area contributed by atoms with E-state index in [1.54, 1.807) is 18.3 Å². The van der Waals surface area contributed by atoms with Crippen LogP contribution in [0.4, 0.5) is 4.39 Å². The highest BCUT2D eigenvalue weighted by molar-refractivity contribution is 5.84. The van der Waals surface area contributed by atoms with Gasteiger partial charge in [-0.25, -0.2) is 9.82 Å². The third kappa shape index (κ3) is 4.53. The first kappa shape index (κ1) is 14.9. The second-order valence-electron chi connectivity index (χ2n) is 4.96. The molecule has 0 aliphatic rings. The third-order valence-corrected chi connectivity index (χ3v) is 3.11. The maximum Gasteiger partial charge on any atom is 0.244 e. The van der Waals surface area contributed by atoms with Crippen molar-refractivity contribution in [3.63, 3.8) is 0 Å². The number of hydrogen-bond donors (Lipinski definition) is 1. The molecule has 0 aromatic heterocycles. The Morgan fingerprint density at radius 1 is 1.19 bits per heavy atom. The second kappa shape index (κ2) is 6.79. The van der Waals surface area contributed by atoms with Crippen LogP contribution in [0.5, 0.6) is 0 Å². The lowest BCUT2D eigenvalue weighted by Gasteiger charge is -2.02. The quantitative estimate of drug-likeness (QED) is 0.680. The largest absolute Gasteiger partial charge is 0.273 e. The van der Waals surface area contributed by atoms with Gasteiger partial charge in [0.2, 0.25) is 5.91 Å². The van der Waals surface area contributed by atoms with Crippen molar-refractivity contribution in [2.75, 3.05) is 0 Å². The van der Waals surface area contributed by atoms with E-state index >= 15 is 0 Å². The summed E-state index contributed by atoms with van der Waals surface area (Å²) in [5.74, 6) is -0.546. The lowest BCUT2D eigenvalue weighted by Crippen LogP contribution is -2.19. The molecular formula is C17H17FN2O. The number of nitrogens with one attached hydrogen (secondary N) is 1. The Bertz CT molecular complexity index is 663. The Kier molecular flexibility index (Phi) is 4.82. The van der Waals surface area contributed by atoms with Crippen LogP contribution in [-0.2, 0) is 11.2 Å². The summed E-state index contributed by atoms with van der Waals surface area (Å²) in [6.07, 6.45) is 1.80. The van der Waals surface area contributed by atoms with E-state index in [1.165, 1.54) is 12.1 Å². The van der Waals surface area contributed by atoms with Crippen LogP contribution in [0.3, 0.4) is 0 Å². The van der Waals surface area contributed by atoms with Gasteiger partial charge in [-0.2, -0.15) is 5.10 Å². The molecular weight excluding hydrogens is 267 g/mol. The smallest absolute Gasteiger partial charge is 0.244 e. The highest BCUT2D eigenvalue weighted by Crippen LogP contribution is 2.08. The first-order valence-electron chi connectivity index (χ1n) is 6.68. The van der Waals surface area contributed by atoms with Crippen LogP contribution in [0.1, 0.15) is 22.3 Å². The van der Waals surface area contributed by atoms with Gasteiger partial charge >= 0.3 is 0 Å². The molecule has 4 heteroatoms. The Balaban J connectivity index is 1.93. The van der Waals surface area contributed by atoms with Gasteiger partial charge in [0, 0.05) is 0 Å². The number of benzene rings is 2. The minimum Gasteiger partial charge on any atom is -0.273 e. The molecule has 2 aromatic rings. The van der Waals surface area contributed by atoms with Crippen molar-refractivity contribution in [2.24, 2.45) is 5.10 Å². The number of hydrogen-bond acceptors (Lipinski definition) is 2. The first-order valence-corrected chi connectivity index (χ1v) is 6.68. The molecule has 0 heterocycles. The maximum atomic E-state index is 12.8. The summed E-state index contributed by atoms with van der Waals surface area (Å²) in [6, 6.07) is 11.9. The van der Waals surface area contributed by atoms with Gasteiger partial charge in [-0.3, -0.25) is 4.79 Å². The van der Waals surface area contributed by atoms with Gasteiger partial charge in [0.25, 0.3) is 0 Å². The van der Waals surface area contributed by atoms with Crippen molar-refractivity contribution in [3.05, 3.63) is 70.5 Å². The Morgan fingerprint density at radius 3 is 2.62 bits per heavy atom. The SMILES string of the molecule is Cc1ccc(C)c(/C=N\NC(=O)Cc2ccc(F)cc2)c1. The summed E-state index contributed by atoms with van der Waals surface area (Å²) in [6.45, 7) is 3.99. The van der Waals surface area contributed by atoms with Gasteiger partial charge in [0.1, 0.15) is 5.82 Å². The van der Waals surface area contributed by atoms with E-state index in [4.69, 9.17) is 0 Å². The van der Waals surface area contributed by atoms with Crippen molar-refractivity contribution < 1.29 is 9.18 Å². The van der Waals surface area contributed by atoms with Gasteiger partial charge < -0.3 is 0 Å². The molecule has 21 heavy (non-hydrogen) atoms. The van der Waals surface area contributed by atoms with Crippen LogP contribution in [0.15, 0.2) is 47.6 Å². The predicted molar refractivity (Wildman–Crippen MR) is 81.8 cm³/mol. The first-order chi connectivity index (χ1) is 10.0. The standard InChI is InChI=1S/C17H17FN2O/c1-12-3-4-13(2)15(9-12)11-19-20-17(21)10-14-5-7-16(18)8-6-14/h3-9,11H,10H2,1-2H3,(H,20,21)/b19-11-. The topological polar surface area (TPSA) is 41.5 Å². The molecule has 0 aliphatic carbocycles. The summed E-state index contributed by atoms with van der Waals surface area (Å²) < 4.78 is 12.8. The van der Waals surface area contributed by atoms with E-state index in [2.05, 4.69) is 10.5 Å². The predicted octanol–water partition coefficient (Wildman–Crippen LogP) is 3.14. The zero-order chi connectivity index (χ0) is 15.2. The van der Waals surface area contributed by atoms with Crippen LogP contribution >= 0.6 is 0 Å². The van der Waals surface area contributed by atoms with Crippen molar-refractivity contribution >= 4 is 12.1 Å². The Labute approximate surface area is 123 Å². The number of carbonyl (C=O) groups excluding carboxylic acids is 1. The molecule has 0 atom stereocenters. The second-order valence-corrected chi connectivity index (χ2v) is 4.96. The summed E-state index contributed by atoms with van der Waals surface area (Å²) in [4.78, 5) is 11.7. The minimum absolute atomic E-state index is 0.171. The number of rotatable bonds is 4. The fourth-order valence-electron chi connectivity index (χ4n) is 1.90. The number of nitrogens with zero attached hydrogens (tertiary/aromatic N) is 1. The van der Waals surface area contributed by atoms with E-state index in [0.29, 0.717) is 0 Å². The molecule has 0 saturated carbocycles. The summed E-state index contributed by atoms with van der Waals surface area (Å²) in [7, 11) is 0. The molecule has 0 unspecified atom stereocenters. The maximum absolute atomic E-state index is 12.8. The van der Waals surface area contributed by atoms with E-state index in [-0.39, 0.29) is 18.1 Å². The van der Waals surface area contributed by atoms with Crippen molar-refractivity contribution in [1.29, 1.82) is 0 Å². The van der Waals surface area contributed by atoms with Gasteiger partial charge in [0.05, 0.1) is 12.6 Å². The van der Waals surface area contributed by atoms with Crippen molar-refractivity contribution in [2.45, 2.75) is 20.3 Å². The van der Waals surface area contributed by atoms with E-state index < -0.39 is 0 Å². The van der Waals surface area contributed by atoms with E-state index in [9.17, 15) is 9.18 Å². The average molecular weight is 284 g/mol. The summed E-state index contributed by atoms with van der Waals surface area (Å²) >= 11 is 0. The van der Waals surface area contributed by atoms with Gasteiger partial charge in [-0.15, -0.1) is 0 Å². The molecule has 2 aromatic carbocycles. The highest BCUT2D eigenvalue weighted by Gasteiger charge is 2.02. The number of carbonyl (C=O) groups is 1. The number of halogens is 1. The monoisotopic (exact) mass is 284 g/mol. The molecule has 1 N–H and O–H groups in total. The van der Waals surface area contributed by atoms with E-state index in [0.717, 1.165) is 22.3 Å². The molecule has 108 valence electrons.